The second kappa shape index (κ2) is 5.56. The fourth-order valence-electron chi connectivity index (χ4n) is 1.99. The number of rotatable bonds is 1. The van der Waals surface area contributed by atoms with Crippen molar-refractivity contribution >= 4 is 11.8 Å². The van der Waals surface area contributed by atoms with Gasteiger partial charge in [-0.05, 0) is 29.0 Å². The van der Waals surface area contributed by atoms with Gasteiger partial charge in [0.25, 0.3) is 0 Å². The molecule has 0 aromatic heterocycles. The molecule has 2 rings (SSSR count). The lowest BCUT2D eigenvalue weighted by Crippen LogP contribution is -2.31. The van der Waals surface area contributed by atoms with E-state index in [9.17, 15) is 4.39 Å². The number of benzene rings is 1. The Kier molecular flexibility index (Phi) is 4.23. The molecule has 0 amide bonds. The van der Waals surface area contributed by atoms with Crippen molar-refractivity contribution in [2.45, 2.75) is 26.2 Å². The second-order valence-electron chi connectivity index (χ2n) is 5.95. The van der Waals surface area contributed by atoms with E-state index >= 15 is 0 Å². The molecule has 0 N–H and O–H groups in total. The van der Waals surface area contributed by atoms with E-state index in [0.717, 1.165) is 17.9 Å². The summed E-state index contributed by atoms with van der Waals surface area (Å²) in [6.07, 6.45) is 5.22. The van der Waals surface area contributed by atoms with Crippen LogP contribution in [0.1, 0.15) is 37.3 Å². The molecule has 1 aliphatic rings. The fraction of sp³-hybridized carbons (Fsp3) is 0.500. The molecule has 1 aromatic rings. The van der Waals surface area contributed by atoms with Crippen LogP contribution in [0, 0.1) is 29.5 Å². The van der Waals surface area contributed by atoms with E-state index in [1.807, 2.05) is 6.07 Å². The molecule has 1 saturated heterocycles. The number of ether oxygens (including phenoxy) is 1. The third kappa shape index (κ3) is 3.32. The molecule has 3 heteroatoms. The van der Waals surface area contributed by atoms with Crippen molar-refractivity contribution < 1.29 is 9.13 Å². The van der Waals surface area contributed by atoms with Crippen molar-refractivity contribution in [3.05, 3.63) is 35.1 Å². The van der Waals surface area contributed by atoms with Crippen LogP contribution in [0.2, 0.25) is 0 Å². The van der Waals surface area contributed by atoms with E-state index in [4.69, 9.17) is 11.2 Å². The first kappa shape index (κ1) is 14.4. The second-order valence-corrected chi connectivity index (χ2v) is 7.04. The predicted molar refractivity (Wildman–Crippen MR) is 78.4 cm³/mol. The van der Waals surface area contributed by atoms with Crippen molar-refractivity contribution in [1.29, 1.82) is 0 Å². The fourth-order valence-corrected chi connectivity index (χ4v) is 3.51. The van der Waals surface area contributed by atoms with Crippen LogP contribution in [0.15, 0.2) is 18.2 Å². The molecular formula is C16H19FOS. The van der Waals surface area contributed by atoms with E-state index in [2.05, 4.69) is 26.7 Å². The van der Waals surface area contributed by atoms with Gasteiger partial charge in [-0.2, -0.15) is 0 Å². The lowest BCUT2D eigenvalue weighted by atomic mass is 9.82. The molecule has 102 valence electrons. The zero-order valence-electron chi connectivity index (χ0n) is 11.6. The summed E-state index contributed by atoms with van der Waals surface area (Å²) in [5.41, 5.74) is 1.32. The summed E-state index contributed by atoms with van der Waals surface area (Å²) in [4.78, 5) is 0. The molecule has 19 heavy (non-hydrogen) atoms. The Hall–Kier alpha value is -0.980. The maximum absolute atomic E-state index is 13.7. The van der Waals surface area contributed by atoms with Crippen LogP contribution >= 0.6 is 11.8 Å². The van der Waals surface area contributed by atoms with Gasteiger partial charge in [-0.1, -0.05) is 32.8 Å². The van der Waals surface area contributed by atoms with Crippen molar-refractivity contribution in [2.75, 3.05) is 12.4 Å². The topological polar surface area (TPSA) is 9.23 Å². The Balaban J connectivity index is 2.06. The molecule has 1 aromatic carbocycles. The van der Waals surface area contributed by atoms with Gasteiger partial charge >= 0.3 is 0 Å². The lowest BCUT2D eigenvalue weighted by molar-refractivity contribution is 0.0394. The maximum atomic E-state index is 13.7. The van der Waals surface area contributed by atoms with Crippen LogP contribution in [0.3, 0.4) is 0 Å². The molecule has 1 fully saturated rings. The minimum Gasteiger partial charge on any atom is -0.362 e. The molecule has 0 spiro atoms. The van der Waals surface area contributed by atoms with Gasteiger partial charge in [0, 0.05) is 5.75 Å². The minimum absolute atomic E-state index is 0.0834. The molecule has 2 atom stereocenters. The molecule has 0 unspecified atom stereocenters. The molecular weight excluding hydrogens is 259 g/mol. The zero-order chi connectivity index (χ0) is 14.0. The van der Waals surface area contributed by atoms with Crippen molar-refractivity contribution in [2.24, 2.45) is 11.3 Å². The molecule has 1 nitrogen and oxygen atoms in total. The van der Waals surface area contributed by atoms with Gasteiger partial charge in [-0.3, -0.25) is 0 Å². The molecule has 0 radical (unpaired) electrons. The van der Waals surface area contributed by atoms with Crippen LogP contribution in [0.25, 0.3) is 0 Å². The third-order valence-electron chi connectivity index (χ3n) is 3.54. The maximum Gasteiger partial charge on any atom is 0.139 e. The SMILES string of the molecule is C#Cc1ccc([C@H]2OC[C@H](C(C)(C)C)CS2)cc1F. The first-order valence-electron chi connectivity index (χ1n) is 6.41. The van der Waals surface area contributed by atoms with E-state index in [1.165, 1.54) is 6.07 Å². The molecule has 0 aliphatic carbocycles. The average molecular weight is 278 g/mol. The number of terminal acetylenes is 1. The summed E-state index contributed by atoms with van der Waals surface area (Å²) >= 11 is 1.73. The van der Waals surface area contributed by atoms with Gasteiger partial charge in [0.15, 0.2) is 0 Å². The van der Waals surface area contributed by atoms with Crippen LogP contribution in [-0.2, 0) is 4.74 Å². The van der Waals surface area contributed by atoms with Gasteiger partial charge in [0.2, 0.25) is 0 Å². The lowest BCUT2D eigenvalue weighted by Gasteiger charge is -2.36. The predicted octanol–water partition coefficient (Wildman–Crippen LogP) is 4.23. The third-order valence-corrected chi connectivity index (χ3v) is 4.85. The van der Waals surface area contributed by atoms with Gasteiger partial charge in [-0.25, -0.2) is 4.39 Å². The highest BCUT2D eigenvalue weighted by atomic mass is 32.2. The average Bonchev–Trinajstić information content (AvgIpc) is 2.38. The summed E-state index contributed by atoms with van der Waals surface area (Å²) < 4.78 is 19.5. The summed E-state index contributed by atoms with van der Waals surface area (Å²) in [7, 11) is 0. The molecule has 0 saturated carbocycles. The van der Waals surface area contributed by atoms with Gasteiger partial charge in [0.1, 0.15) is 11.3 Å². The first-order valence-corrected chi connectivity index (χ1v) is 7.46. The van der Waals surface area contributed by atoms with E-state index in [1.54, 1.807) is 17.8 Å². The van der Waals surface area contributed by atoms with Crippen LogP contribution in [0.5, 0.6) is 0 Å². The Morgan fingerprint density at radius 1 is 1.42 bits per heavy atom. The number of hydrogen-bond donors (Lipinski definition) is 0. The molecule has 1 heterocycles. The van der Waals surface area contributed by atoms with E-state index in [0.29, 0.717) is 11.5 Å². The van der Waals surface area contributed by atoms with Crippen LogP contribution in [-0.4, -0.2) is 12.4 Å². The summed E-state index contributed by atoms with van der Waals surface area (Å²) in [5, 5.41) is 0. The monoisotopic (exact) mass is 278 g/mol. The van der Waals surface area contributed by atoms with E-state index < -0.39 is 0 Å². The normalized spacial score (nSPS) is 23.9. The van der Waals surface area contributed by atoms with Gasteiger partial charge in [-0.15, -0.1) is 18.2 Å². The number of thioether (sulfide) groups is 1. The van der Waals surface area contributed by atoms with Crippen LogP contribution in [0.4, 0.5) is 4.39 Å². The minimum atomic E-state index is -0.345. The first-order chi connectivity index (χ1) is 8.91. The number of hydrogen-bond acceptors (Lipinski definition) is 2. The standard InChI is InChI=1S/C16H19FOS/c1-5-11-6-7-12(8-14(11)17)15-18-9-13(10-19-15)16(2,3)4/h1,6-8,13,15H,9-10H2,2-4H3/t13-,15-/m0/s1. The van der Waals surface area contributed by atoms with Crippen LogP contribution < -0.4 is 0 Å². The molecule has 1 aliphatic heterocycles. The quantitative estimate of drug-likeness (QED) is 0.711. The van der Waals surface area contributed by atoms with Crippen molar-refractivity contribution in [3.8, 4) is 12.3 Å². The summed E-state index contributed by atoms with van der Waals surface area (Å²) in [5.74, 6) is 3.55. The Labute approximate surface area is 118 Å². The Morgan fingerprint density at radius 3 is 2.63 bits per heavy atom. The highest BCUT2D eigenvalue weighted by Crippen LogP contribution is 2.41. The Morgan fingerprint density at radius 2 is 2.16 bits per heavy atom. The van der Waals surface area contributed by atoms with Crippen molar-refractivity contribution in [1.82, 2.24) is 0 Å². The number of halogens is 1. The summed E-state index contributed by atoms with van der Waals surface area (Å²) in [6, 6.07) is 4.99. The largest absolute Gasteiger partial charge is 0.362 e. The Bertz CT molecular complexity index is 490. The highest BCUT2D eigenvalue weighted by molar-refractivity contribution is 7.99. The summed E-state index contributed by atoms with van der Waals surface area (Å²) in [6.45, 7) is 7.40. The van der Waals surface area contributed by atoms with Crippen molar-refractivity contribution in [3.63, 3.8) is 0 Å². The zero-order valence-corrected chi connectivity index (χ0v) is 12.4. The molecule has 0 bridgehead atoms. The highest BCUT2D eigenvalue weighted by Gasteiger charge is 2.31. The van der Waals surface area contributed by atoms with Gasteiger partial charge < -0.3 is 4.74 Å². The smallest absolute Gasteiger partial charge is 0.139 e. The van der Waals surface area contributed by atoms with Gasteiger partial charge in [0.05, 0.1) is 12.2 Å². The van der Waals surface area contributed by atoms with E-state index in [-0.39, 0.29) is 16.7 Å².